The zero-order valence-electron chi connectivity index (χ0n) is 30.5. The van der Waals surface area contributed by atoms with E-state index >= 15 is 0 Å². The molecule has 0 aromatic heterocycles. The van der Waals surface area contributed by atoms with Crippen LogP contribution in [0.25, 0.3) is 0 Å². The summed E-state index contributed by atoms with van der Waals surface area (Å²) in [7, 11) is -2.16. The normalized spacial score (nSPS) is 15.1. The summed E-state index contributed by atoms with van der Waals surface area (Å²) in [4.78, 5) is 77.9. The van der Waals surface area contributed by atoms with Gasteiger partial charge in [0.2, 0.25) is 23.6 Å². The van der Waals surface area contributed by atoms with Crippen molar-refractivity contribution >= 4 is 70.5 Å². The summed E-state index contributed by atoms with van der Waals surface area (Å²) in [6, 6.07) is 29.0. The van der Waals surface area contributed by atoms with Crippen LogP contribution in [-0.4, -0.2) is 96.0 Å². The van der Waals surface area contributed by atoms with Gasteiger partial charge < -0.3 is 42.8 Å². The lowest BCUT2D eigenvalue weighted by molar-refractivity contribution is -0.145. The fourth-order valence-electron chi connectivity index (χ4n) is 6.18. The van der Waals surface area contributed by atoms with Gasteiger partial charge in [0.15, 0.2) is 0 Å². The highest BCUT2D eigenvalue weighted by atomic mass is 79.9. The number of hydrogen-bond donors (Lipinski definition) is 3. The minimum Gasteiger partial charge on any atom is -1.00 e. The molecule has 4 rings (SSSR count). The maximum Gasteiger partial charge on any atom is 0.325 e. The van der Waals surface area contributed by atoms with Gasteiger partial charge in [-0.05, 0) is 56.7 Å². The summed E-state index contributed by atoms with van der Waals surface area (Å²) < 4.78 is 9.76. The van der Waals surface area contributed by atoms with Gasteiger partial charge in [0.05, 0.1) is 24.6 Å². The lowest BCUT2D eigenvalue weighted by atomic mass is 10.1. The molecule has 1 fully saturated rings. The number of ether oxygens (including phenoxy) is 2. The number of hydrogen-bond acceptors (Lipinski definition) is 10. The van der Waals surface area contributed by atoms with Crippen LogP contribution in [0.3, 0.4) is 0 Å². The molecule has 0 aliphatic carbocycles. The van der Waals surface area contributed by atoms with Crippen LogP contribution in [0, 0.1) is 0 Å². The fraction of sp³-hybridized carbons (Fsp3) is 0.385. The molecular weight excluding hydrogens is 795 g/mol. The van der Waals surface area contributed by atoms with Gasteiger partial charge in [0, 0.05) is 31.6 Å². The Morgan fingerprint density at radius 2 is 1.41 bits per heavy atom. The first-order chi connectivity index (χ1) is 25.6. The van der Waals surface area contributed by atoms with Gasteiger partial charge in [-0.15, -0.1) is 11.8 Å². The number of nitrogens with zero attached hydrogens (tertiary/aromatic N) is 1. The van der Waals surface area contributed by atoms with Crippen LogP contribution in [0.15, 0.2) is 91.0 Å². The van der Waals surface area contributed by atoms with Crippen LogP contribution in [0.1, 0.15) is 39.5 Å². The number of nitrogens with two attached hydrogens (primary N) is 1. The smallest absolute Gasteiger partial charge is 0.325 e. The van der Waals surface area contributed by atoms with Gasteiger partial charge >= 0.3 is 11.9 Å². The van der Waals surface area contributed by atoms with Crippen molar-refractivity contribution in [2.45, 2.75) is 56.9 Å². The largest absolute Gasteiger partial charge is 1.00 e. The molecule has 290 valence electrons. The van der Waals surface area contributed by atoms with Crippen LogP contribution < -0.4 is 49.3 Å². The molecule has 1 saturated heterocycles. The van der Waals surface area contributed by atoms with E-state index < -0.39 is 54.9 Å². The molecule has 4 N–H and O–H groups in total. The van der Waals surface area contributed by atoms with Crippen molar-refractivity contribution < 1.29 is 55.2 Å². The van der Waals surface area contributed by atoms with E-state index in [1.807, 2.05) is 54.6 Å². The highest BCUT2D eigenvalue weighted by Crippen LogP contribution is 2.55. The summed E-state index contributed by atoms with van der Waals surface area (Å²) in [6.07, 6.45) is 1.08. The third-order valence-electron chi connectivity index (χ3n) is 8.77. The Morgan fingerprint density at radius 1 is 0.870 bits per heavy atom. The maximum absolute atomic E-state index is 13.7. The average Bonchev–Trinajstić information content (AvgIpc) is 3.45. The van der Waals surface area contributed by atoms with Gasteiger partial charge in [-0.1, -0.05) is 54.6 Å². The van der Waals surface area contributed by atoms with E-state index in [4.69, 9.17) is 15.2 Å². The fourth-order valence-corrected chi connectivity index (χ4v) is 11.7. The maximum atomic E-state index is 13.7. The third kappa shape index (κ3) is 11.9. The van der Waals surface area contributed by atoms with Gasteiger partial charge in [-0.2, -0.15) is 0 Å². The van der Waals surface area contributed by atoms with Crippen molar-refractivity contribution in [2.24, 2.45) is 5.73 Å². The van der Waals surface area contributed by atoms with Crippen molar-refractivity contribution in [3.8, 4) is 0 Å². The average molecular weight is 844 g/mol. The monoisotopic (exact) mass is 842 g/mol. The number of thioether (sulfide) groups is 1. The van der Waals surface area contributed by atoms with Crippen LogP contribution in [0.5, 0.6) is 0 Å². The third-order valence-corrected chi connectivity index (χ3v) is 14.6. The minimum atomic E-state index is -2.16. The Bertz CT molecular complexity index is 1610. The number of imide groups is 1. The number of likely N-dealkylation sites (tertiary alicyclic amines) is 1. The van der Waals surface area contributed by atoms with Gasteiger partial charge in [-0.25, -0.2) is 0 Å². The number of nitrogens with one attached hydrogen (secondary N) is 2. The number of carbonyl (C=O) groups excluding carboxylic acids is 6. The molecule has 3 unspecified atom stereocenters. The summed E-state index contributed by atoms with van der Waals surface area (Å²) in [6.45, 7) is 3.39. The zero-order valence-corrected chi connectivity index (χ0v) is 33.8. The lowest BCUT2D eigenvalue weighted by Gasteiger charge is -2.28. The number of esters is 2. The number of rotatable bonds is 20. The topological polar surface area (TPSA) is 174 Å². The molecular formula is C39H48BrN4O8PS. The van der Waals surface area contributed by atoms with Crippen molar-refractivity contribution in [2.75, 3.05) is 38.2 Å². The summed E-state index contributed by atoms with van der Waals surface area (Å²) in [5.41, 5.74) is 5.82. The first kappa shape index (κ1) is 44.3. The van der Waals surface area contributed by atoms with Crippen LogP contribution in [-0.2, 0) is 38.2 Å². The molecule has 15 heteroatoms. The van der Waals surface area contributed by atoms with Crippen molar-refractivity contribution in [1.82, 2.24) is 15.5 Å². The standard InChI is InChI=1S/C39H47N4O8PS.BrH/c1-3-50-36(46)26-41-37(47)32(42-34(44)22-21-31(40)39(49)51-4-2)27-53-33-25-35(45)43(38(33)48)23-14-24-52(28-15-8-5-9-16-28,29-17-10-6-11-18-29)30-19-12-7-13-20-30;/h5-13,15-20,31-33H,3-4,14,21-27,40H2,1-2H3,(H-,41,42,44,47);1H. The zero-order chi connectivity index (χ0) is 38.2. The Morgan fingerprint density at radius 3 is 1.93 bits per heavy atom. The van der Waals surface area contributed by atoms with E-state index in [0.717, 1.165) is 17.9 Å². The van der Waals surface area contributed by atoms with Crippen molar-refractivity contribution in [3.63, 3.8) is 0 Å². The molecule has 12 nitrogen and oxygen atoms in total. The van der Waals surface area contributed by atoms with Gasteiger partial charge in [0.25, 0.3) is 0 Å². The van der Waals surface area contributed by atoms with Crippen molar-refractivity contribution in [1.29, 1.82) is 0 Å². The van der Waals surface area contributed by atoms with E-state index in [2.05, 4.69) is 47.0 Å². The summed E-state index contributed by atoms with van der Waals surface area (Å²) in [5, 5.41) is 7.95. The van der Waals surface area contributed by atoms with Gasteiger partial charge in [0.1, 0.15) is 41.8 Å². The van der Waals surface area contributed by atoms with Crippen LogP contribution in [0.2, 0.25) is 0 Å². The molecule has 4 amide bonds. The predicted molar refractivity (Wildman–Crippen MR) is 208 cm³/mol. The second kappa shape index (κ2) is 22.3. The SMILES string of the molecule is CCOC(=O)CNC(=O)C(CSC1CC(=O)N(CCC[P+](c2ccccc2)(c2ccccc2)c2ccccc2)C1=O)NC(=O)CCC(N)C(=O)OCC.[Br-]. The predicted octanol–water partition coefficient (Wildman–Crippen LogP) is -0.930. The molecule has 3 atom stereocenters. The number of benzene rings is 3. The molecule has 1 aliphatic heterocycles. The van der Waals surface area contributed by atoms with E-state index in [9.17, 15) is 28.8 Å². The summed E-state index contributed by atoms with van der Waals surface area (Å²) >= 11 is 1.09. The van der Waals surface area contributed by atoms with E-state index in [1.54, 1.807) is 13.8 Å². The Hall–Kier alpha value is -4.10. The molecule has 0 radical (unpaired) electrons. The lowest BCUT2D eigenvalue weighted by Crippen LogP contribution is -3.00. The minimum absolute atomic E-state index is 0. The quantitative estimate of drug-likeness (QED) is 0.0734. The first-order valence-corrected chi connectivity index (χ1v) is 20.8. The Labute approximate surface area is 331 Å². The van der Waals surface area contributed by atoms with Crippen molar-refractivity contribution in [3.05, 3.63) is 91.0 Å². The molecule has 1 heterocycles. The van der Waals surface area contributed by atoms with Crippen LogP contribution in [0.4, 0.5) is 0 Å². The van der Waals surface area contributed by atoms with Gasteiger partial charge in [-0.3, -0.25) is 33.7 Å². The molecule has 54 heavy (non-hydrogen) atoms. The van der Waals surface area contributed by atoms with E-state index in [0.29, 0.717) is 6.42 Å². The molecule has 1 aliphatic rings. The molecule has 3 aromatic rings. The van der Waals surface area contributed by atoms with E-state index in [-0.39, 0.29) is 73.6 Å². The number of amides is 4. The first-order valence-electron chi connectivity index (χ1n) is 17.8. The second-order valence-corrected chi connectivity index (χ2v) is 17.2. The Kier molecular flexibility index (Phi) is 18.3. The number of halogens is 1. The number of carbonyl (C=O) groups is 6. The van der Waals surface area contributed by atoms with Crippen LogP contribution >= 0.6 is 19.0 Å². The highest BCUT2D eigenvalue weighted by Gasteiger charge is 2.46. The molecule has 0 saturated carbocycles. The Balaban J connectivity index is 0.00000784. The molecule has 0 spiro atoms. The summed E-state index contributed by atoms with van der Waals surface area (Å²) in [5.74, 6) is -3.20. The van der Waals surface area contributed by atoms with E-state index in [1.165, 1.54) is 20.8 Å². The highest BCUT2D eigenvalue weighted by molar-refractivity contribution is 8.00. The second-order valence-electron chi connectivity index (χ2n) is 12.3. The molecule has 0 bridgehead atoms. The molecule has 3 aromatic carbocycles.